The zero-order valence-corrected chi connectivity index (χ0v) is 13.9. The van der Waals surface area contributed by atoms with Crippen molar-refractivity contribution in [2.75, 3.05) is 19.8 Å². The van der Waals surface area contributed by atoms with Crippen LogP contribution in [0.15, 0.2) is 0 Å². The highest BCUT2D eigenvalue weighted by atomic mass is 28.4. The molecule has 0 aromatic heterocycles. The van der Waals surface area contributed by atoms with Gasteiger partial charge in [0.1, 0.15) is 6.10 Å². The first kappa shape index (κ1) is 18.1. The first-order chi connectivity index (χ1) is 8.15. The van der Waals surface area contributed by atoms with Crippen molar-refractivity contribution in [1.82, 2.24) is 0 Å². The van der Waals surface area contributed by atoms with Gasteiger partial charge in [-0.3, -0.25) is 0 Å². The van der Waals surface area contributed by atoms with Crippen LogP contribution in [0.4, 0.5) is 0 Å². The summed E-state index contributed by atoms with van der Waals surface area (Å²) in [6, 6.07) is 0. The van der Waals surface area contributed by atoms with Crippen molar-refractivity contribution < 1.29 is 19.0 Å². The monoisotopic (exact) mass is 278 g/mol. The van der Waals surface area contributed by atoms with Crippen LogP contribution in [0.5, 0.6) is 0 Å². The molecule has 18 heavy (non-hydrogen) atoms. The average Bonchev–Trinajstić information content (AvgIpc) is 2.24. The summed E-state index contributed by atoms with van der Waals surface area (Å²) >= 11 is 0. The topological polar surface area (TPSA) is 47.9 Å². The maximum absolute atomic E-state index is 10.0. The van der Waals surface area contributed by atoms with E-state index in [2.05, 4.69) is 33.9 Å². The van der Waals surface area contributed by atoms with Gasteiger partial charge in [0.2, 0.25) is 0 Å². The number of aliphatic hydroxyl groups is 1. The summed E-state index contributed by atoms with van der Waals surface area (Å²) in [6.45, 7) is 15.9. The molecule has 0 aliphatic rings. The molecule has 0 heterocycles. The van der Waals surface area contributed by atoms with E-state index in [1.807, 2.05) is 13.8 Å². The third-order valence-electron chi connectivity index (χ3n) is 3.40. The maximum Gasteiger partial charge on any atom is 0.192 e. The molecule has 5 heteroatoms. The van der Waals surface area contributed by atoms with Crippen LogP contribution < -0.4 is 0 Å². The molecule has 1 unspecified atom stereocenters. The third kappa shape index (κ3) is 5.80. The van der Waals surface area contributed by atoms with Gasteiger partial charge in [0.25, 0.3) is 0 Å². The lowest BCUT2D eigenvalue weighted by molar-refractivity contribution is -0.195. The average molecular weight is 278 g/mol. The summed E-state index contributed by atoms with van der Waals surface area (Å²) in [5.41, 5.74) is 0. The van der Waals surface area contributed by atoms with E-state index in [0.29, 0.717) is 13.2 Å². The van der Waals surface area contributed by atoms with Gasteiger partial charge in [-0.2, -0.15) is 0 Å². The van der Waals surface area contributed by atoms with E-state index in [0.717, 1.165) is 0 Å². The largest absolute Gasteiger partial charge is 0.414 e. The van der Waals surface area contributed by atoms with Crippen LogP contribution in [0.1, 0.15) is 34.6 Å². The molecule has 1 atom stereocenters. The van der Waals surface area contributed by atoms with Gasteiger partial charge >= 0.3 is 0 Å². The second kappa shape index (κ2) is 7.60. The molecular weight excluding hydrogens is 248 g/mol. The molecule has 0 aromatic carbocycles. The molecule has 0 aliphatic carbocycles. The smallest absolute Gasteiger partial charge is 0.192 e. The van der Waals surface area contributed by atoms with E-state index < -0.39 is 20.7 Å². The molecule has 0 spiro atoms. The molecule has 0 radical (unpaired) electrons. The second-order valence-electron chi connectivity index (χ2n) is 5.92. The van der Waals surface area contributed by atoms with Gasteiger partial charge in [-0.25, -0.2) is 0 Å². The molecule has 0 aliphatic heterocycles. The summed E-state index contributed by atoms with van der Waals surface area (Å²) in [5, 5.41) is 10.2. The Bertz CT molecular complexity index is 220. The van der Waals surface area contributed by atoms with E-state index in [1.165, 1.54) is 0 Å². The molecule has 4 nitrogen and oxygen atoms in total. The van der Waals surface area contributed by atoms with Gasteiger partial charge < -0.3 is 19.0 Å². The Morgan fingerprint density at radius 3 is 1.83 bits per heavy atom. The lowest BCUT2D eigenvalue weighted by atomic mass is 10.2. The molecular formula is C13H30O4Si. The Morgan fingerprint density at radius 2 is 1.50 bits per heavy atom. The highest BCUT2D eigenvalue weighted by Gasteiger charge is 2.38. The highest BCUT2D eigenvalue weighted by molar-refractivity contribution is 6.74. The summed E-state index contributed by atoms with van der Waals surface area (Å²) < 4.78 is 16.7. The quantitative estimate of drug-likeness (QED) is 0.548. The first-order valence-corrected chi connectivity index (χ1v) is 9.61. The fraction of sp³-hybridized carbons (Fsp3) is 1.00. The molecule has 110 valence electrons. The first-order valence-electron chi connectivity index (χ1n) is 6.71. The Labute approximate surface area is 113 Å². The molecule has 0 saturated carbocycles. The number of aliphatic hydroxyl groups excluding tert-OH is 1. The molecule has 0 aromatic rings. The predicted octanol–water partition coefficient (Wildman–Crippen LogP) is 2.77. The van der Waals surface area contributed by atoms with Crippen LogP contribution >= 0.6 is 0 Å². The van der Waals surface area contributed by atoms with Gasteiger partial charge in [-0.1, -0.05) is 20.8 Å². The van der Waals surface area contributed by atoms with Crippen molar-refractivity contribution in [2.45, 2.75) is 65.1 Å². The van der Waals surface area contributed by atoms with Crippen molar-refractivity contribution >= 4 is 8.32 Å². The Kier molecular flexibility index (Phi) is 7.62. The van der Waals surface area contributed by atoms with Gasteiger partial charge in [-0.05, 0) is 32.0 Å². The number of rotatable bonds is 8. The molecule has 1 N–H and O–H groups in total. The van der Waals surface area contributed by atoms with Crippen LogP contribution in [0.3, 0.4) is 0 Å². The second-order valence-corrected chi connectivity index (χ2v) is 10.7. The van der Waals surface area contributed by atoms with Crippen molar-refractivity contribution in [3.8, 4) is 0 Å². The summed E-state index contributed by atoms with van der Waals surface area (Å²) in [7, 11) is -1.83. The molecule has 0 fully saturated rings. The molecule has 0 bridgehead atoms. The molecule has 0 rings (SSSR count). The summed E-state index contributed by atoms with van der Waals surface area (Å²) in [4.78, 5) is 0. The van der Waals surface area contributed by atoms with Crippen LogP contribution in [-0.2, 0) is 13.9 Å². The number of hydrogen-bond donors (Lipinski definition) is 1. The Morgan fingerprint density at radius 1 is 1.06 bits per heavy atom. The van der Waals surface area contributed by atoms with E-state index >= 15 is 0 Å². The van der Waals surface area contributed by atoms with Crippen molar-refractivity contribution in [3.63, 3.8) is 0 Å². The van der Waals surface area contributed by atoms with Crippen LogP contribution in [0.2, 0.25) is 18.1 Å². The minimum Gasteiger partial charge on any atom is -0.414 e. The summed E-state index contributed by atoms with van der Waals surface area (Å²) in [6.07, 6.45) is -1.33. The summed E-state index contributed by atoms with van der Waals surface area (Å²) in [5.74, 6) is 0. The normalized spacial score (nSPS) is 15.2. The predicted molar refractivity (Wildman–Crippen MR) is 76.2 cm³/mol. The minimum absolute atomic E-state index is 0.138. The minimum atomic E-state index is -1.83. The van der Waals surface area contributed by atoms with Gasteiger partial charge in [0, 0.05) is 13.2 Å². The van der Waals surface area contributed by atoms with E-state index in [9.17, 15) is 5.11 Å². The lowest BCUT2D eigenvalue weighted by Gasteiger charge is -2.37. The molecule has 0 saturated heterocycles. The number of hydrogen-bond acceptors (Lipinski definition) is 4. The highest BCUT2D eigenvalue weighted by Crippen LogP contribution is 2.36. The van der Waals surface area contributed by atoms with Gasteiger partial charge in [-0.15, -0.1) is 0 Å². The maximum atomic E-state index is 10.0. The SMILES string of the molecule is CCOC(OCC)C(O)CO[Si](C)(C)C(C)(C)C. The van der Waals surface area contributed by atoms with E-state index in [4.69, 9.17) is 13.9 Å². The fourth-order valence-corrected chi connectivity index (χ4v) is 2.21. The van der Waals surface area contributed by atoms with E-state index in [1.54, 1.807) is 0 Å². The molecule has 0 amide bonds. The van der Waals surface area contributed by atoms with Crippen molar-refractivity contribution in [3.05, 3.63) is 0 Å². The fourth-order valence-electron chi connectivity index (χ4n) is 1.19. The third-order valence-corrected chi connectivity index (χ3v) is 7.90. The lowest BCUT2D eigenvalue weighted by Crippen LogP contribution is -2.45. The zero-order valence-electron chi connectivity index (χ0n) is 12.9. The Hall–Kier alpha value is 0.0569. The number of ether oxygens (including phenoxy) is 2. The zero-order chi connectivity index (χ0) is 14.4. The van der Waals surface area contributed by atoms with Crippen LogP contribution in [0, 0.1) is 0 Å². The van der Waals surface area contributed by atoms with Crippen molar-refractivity contribution in [2.24, 2.45) is 0 Å². The van der Waals surface area contributed by atoms with E-state index in [-0.39, 0.29) is 11.6 Å². The van der Waals surface area contributed by atoms with Crippen LogP contribution in [0.25, 0.3) is 0 Å². The van der Waals surface area contributed by atoms with Crippen molar-refractivity contribution in [1.29, 1.82) is 0 Å². The van der Waals surface area contributed by atoms with Gasteiger partial charge in [0.05, 0.1) is 6.61 Å². The standard InChI is InChI=1S/C13H30O4Si/c1-8-15-12(16-9-2)11(14)10-17-18(6,7)13(3,4)5/h11-12,14H,8-10H2,1-7H3. The Balaban J connectivity index is 4.33. The van der Waals surface area contributed by atoms with Gasteiger partial charge in [0.15, 0.2) is 14.6 Å². The van der Waals surface area contributed by atoms with Crippen LogP contribution in [-0.4, -0.2) is 45.6 Å².